The number of thioether (sulfide) groups is 1. The number of aliphatic imine (C=N–C) groups is 1. The molecular formula is C15H24ClIN4S. The van der Waals surface area contributed by atoms with E-state index in [1.54, 1.807) is 6.20 Å². The molecule has 7 heteroatoms. The van der Waals surface area contributed by atoms with Gasteiger partial charge in [-0.25, -0.2) is 4.98 Å². The van der Waals surface area contributed by atoms with Crippen molar-refractivity contribution in [2.24, 2.45) is 4.99 Å². The molecule has 1 aromatic rings. The zero-order valence-electron chi connectivity index (χ0n) is 12.8. The molecule has 0 atom stereocenters. The van der Waals surface area contributed by atoms with Crippen LogP contribution >= 0.6 is 47.3 Å². The standard InChI is InChI=1S/C15H23ClN4S.HI/c1-3-10-21-11-9-19-15(17-4-2)18-8-7-13-5-6-14(16)20-12-13;/h3,5-6,12H,1,4,7-11H2,2H3,(H2,17,18,19);1H. The van der Waals surface area contributed by atoms with Crippen molar-refractivity contribution in [3.63, 3.8) is 0 Å². The van der Waals surface area contributed by atoms with Gasteiger partial charge in [-0.15, -0.1) is 30.6 Å². The summed E-state index contributed by atoms with van der Waals surface area (Å²) in [6, 6.07) is 3.81. The van der Waals surface area contributed by atoms with Gasteiger partial charge in [-0.3, -0.25) is 4.99 Å². The van der Waals surface area contributed by atoms with Crippen LogP contribution in [0.3, 0.4) is 0 Å². The maximum absolute atomic E-state index is 5.77. The van der Waals surface area contributed by atoms with Gasteiger partial charge in [0.2, 0.25) is 0 Å². The second kappa shape index (κ2) is 14.1. The number of halogens is 2. The molecule has 0 radical (unpaired) electrons. The Hall–Kier alpha value is -0.470. The van der Waals surface area contributed by atoms with Crippen LogP contribution in [-0.4, -0.2) is 42.1 Å². The van der Waals surface area contributed by atoms with Crippen LogP contribution in [0.5, 0.6) is 0 Å². The van der Waals surface area contributed by atoms with Crippen LogP contribution in [-0.2, 0) is 6.42 Å². The first kappa shape index (κ1) is 21.5. The summed E-state index contributed by atoms with van der Waals surface area (Å²) in [5, 5.41) is 7.09. The van der Waals surface area contributed by atoms with Crippen LogP contribution in [0.2, 0.25) is 5.15 Å². The van der Waals surface area contributed by atoms with Crippen molar-refractivity contribution in [2.45, 2.75) is 13.3 Å². The van der Waals surface area contributed by atoms with Gasteiger partial charge in [-0.1, -0.05) is 23.7 Å². The SMILES string of the molecule is C=CCSCCN=C(NCC)NCCc1ccc(Cl)nc1.I. The Morgan fingerprint density at radius 1 is 1.45 bits per heavy atom. The summed E-state index contributed by atoms with van der Waals surface area (Å²) in [6.45, 7) is 8.24. The second-order valence-corrected chi connectivity index (χ2v) is 5.83. The lowest BCUT2D eigenvalue weighted by molar-refractivity contribution is 0.802. The molecule has 0 amide bonds. The minimum absolute atomic E-state index is 0. The minimum atomic E-state index is 0. The smallest absolute Gasteiger partial charge is 0.191 e. The van der Waals surface area contributed by atoms with Crippen LogP contribution in [0.15, 0.2) is 36.0 Å². The monoisotopic (exact) mass is 454 g/mol. The summed E-state index contributed by atoms with van der Waals surface area (Å²) in [7, 11) is 0. The molecule has 0 bridgehead atoms. The van der Waals surface area contributed by atoms with Crippen molar-refractivity contribution in [3.05, 3.63) is 41.7 Å². The molecule has 0 spiro atoms. The zero-order chi connectivity index (χ0) is 15.3. The molecule has 1 rings (SSSR count). The Kier molecular flexibility index (Phi) is 13.8. The predicted octanol–water partition coefficient (Wildman–Crippen LogP) is 3.37. The maximum atomic E-state index is 5.77. The summed E-state index contributed by atoms with van der Waals surface area (Å²) >= 11 is 7.60. The lowest BCUT2D eigenvalue weighted by Gasteiger charge is -2.11. The lowest BCUT2D eigenvalue weighted by atomic mass is 10.2. The molecule has 22 heavy (non-hydrogen) atoms. The van der Waals surface area contributed by atoms with E-state index >= 15 is 0 Å². The van der Waals surface area contributed by atoms with Crippen LogP contribution < -0.4 is 10.6 Å². The fourth-order valence-corrected chi connectivity index (χ4v) is 2.28. The zero-order valence-corrected chi connectivity index (χ0v) is 16.8. The van der Waals surface area contributed by atoms with Crippen LogP contribution in [0, 0.1) is 0 Å². The van der Waals surface area contributed by atoms with Gasteiger partial charge in [0.1, 0.15) is 5.15 Å². The van der Waals surface area contributed by atoms with Crippen molar-refractivity contribution in [3.8, 4) is 0 Å². The Morgan fingerprint density at radius 3 is 2.91 bits per heavy atom. The number of rotatable bonds is 9. The van der Waals surface area contributed by atoms with Crippen LogP contribution in [0.25, 0.3) is 0 Å². The summed E-state index contributed by atoms with van der Waals surface area (Å²) in [5.41, 5.74) is 1.16. The highest BCUT2D eigenvalue weighted by atomic mass is 127. The van der Waals surface area contributed by atoms with E-state index in [1.165, 1.54) is 0 Å². The Bertz CT molecular complexity index is 440. The molecule has 0 aliphatic rings. The number of nitrogens with zero attached hydrogens (tertiary/aromatic N) is 2. The molecule has 124 valence electrons. The maximum Gasteiger partial charge on any atom is 0.191 e. The minimum Gasteiger partial charge on any atom is -0.357 e. The van der Waals surface area contributed by atoms with Crippen molar-refractivity contribution < 1.29 is 0 Å². The number of hydrogen-bond acceptors (Lipinski definition) is 3. The fourth-order valence-electron chi connectivity index (χ4n) is 1.61. The van der Waals surface area contributed by atoms with Crippen molar-refractivity contribution >= 4 is 53.3 Å². The predicted molar refractivity (Wildman–Crippen MR) is 110 cm³/mol. The van der Waals surface area contributed by atoms with Gasteiger partial charge in [0.25, 0.3) is 0 Å². The molecule has 0 saturated heterocycles. The molecule has 1 aromatic heterocycles. The first-order chi connectivity index (χ1) is 10.3. The third-order valence-corrected chi connectivity index (χ3v) is 3.75. The van der Waals surface area contributed by atoms with Crippen LogP contribution in [0.1, 0.15) is 12.5 Å². The van der Waals surface area contributed by atoms with Crippen LogP contribution in [0.4, 0.5) is 0 Å². The quantitative estimate of drug-likeness (QED) is 0.150. The normalized spacial score (nSPS) is 10.7. The van der Waals surface area contributed by atoms with E-state index in [9.17, 15) is 0 Å². The molecule has 2 N–H and O–H groups in total. The van der Waals surface area contributed by atoms with E-state index in [4.69, 9.17) is 11.6 Å². The van der Waals surface area contributed by atoms with Gasteiger partial charge in [-0.05, 0) is 25.0 Å². The molecule has 1 heterocycles. The molecule has 0 aromatic carbocycles. The molecular weight excluding hydrogens is 431 g/mol. The van der Waals surface area contributed by atoms with Gasteiger partial charge >= 0.3 is 0 Å². The van der Waals surface area contributed by atoms with E-state index in [0.29, 0.717) is 5.15 Å². The van der Waals surface area contributed by atoms with E-state index in [2.05, 4.69) is 34.1 Å². The molecule has 0 aliphatic heterocycles. The summed E-state index contributed by atoms with van der Waals surface area (Å²) < 4.78 is 0. The number of aromatic nitrogens is 1. The summed E-state index contributed by atoms with van der Waals surface area (Å²) in [5.74, 6) is 2.84. The Balaban J connectivity index is 0.00000441. The topological polar surface area (TPSA) is 49.3 Å². The lowest BCUT2D eigenvalue weighted by Crippen LogP contribution is -2.38. The number of hydrogen-bond donors (Lipinski definition) is 2. The summed E-state index contributed by atoms with van der Waals surface area (Å²) in [6.07, 6.45) is 4.61. The Labute approximate surface area is 159 Å². The highest BCUT2D eigenvalue weighted by Gasteiger charge is 1.98. The number of guanidine groups is 1. The highest BCUT2D eigenvalue weighted by molar-refractivity contribution is 14.0. The first-order valence-electron chi connectivity index (χ1n) is 7.07. The van der Waals surface area contributed by atoms with Crippen molar-refractivity contribution in [1.29, 1.82) is 0 Å². The third kappa shape index (κ3) is 10.3. The van der Waals surface area contributed by atoms with Gasteiger partial charge in [0.15, 0.2) is 5.96 Å². The molecule has 0 aliphatic carbocycles. The highest BCUT2D eigenvalue weighted by Crippen LogP contribution is 2.05. The average Bonchev–Trinajstić information content (AvgIpc) is 2.49. The fraction of sp³-hybridized carbons (Fsp3) is 0.467. The number of pyridine rings is 1. The van der Waals surface area contributed by atoms with E-state index in [1.807, 2.05) is 30.0 Å². The van der Waals surface area contributed by atoms with E-state index in [-0.39, 0.29) is 24.0 Å². The number of nitrogens with one attached hydrogen (secondary N) is 2. The Morgan fingerprint density at radius 2 is 2.27 bits per heavy atom. The molecule has 0 saturated carbocycles. The van der Waals surface area contributed by atoms with Gasteiger partial charge in [0.05, 0.1) is 6.54 Å². The van der Waals surface area contributed by atoms with E-state index < -0.39 is 0 Å². The first-order valence-corrected chi connectivity index (χ1v) is 8.60. The van der Waals surface area contributed by atoms with Crippen molar-refractivity contribution in [2.75, 3.05) is 31.1 Å². The second-order valence-electron chi connectivity index (χ2n) is 4.29. The summed E-state index contributed by atoms with van der Waals surface area (Å²) in [4.78, 5) is 8.61. The third-order valence-electron chi connectivity index (χ3n) is 2.58. The van der Waals surface area contributed by atoms with Gasteiger partial charge in [0, 0.05) is 30.8 Å². The molecule has 0 fully saturated rings. The van der Waals surface area contributed by atoms with E-state index in [0.717, 1.165) is 49.1 Å². The largest absolute Gasteiger partial charge is 0.357 e. The average molecular weight is 455 g/mol. The molecule has 0 unspecified atom stereocenters. The van der Waals surface area contributed by atoms with Gasteiger partial charge < -0.3 is 10.6 Å². The van der Waals surface area contributed by atoms with Crippen molar-refractivity contribution in [1.82, 2.24) is 15.6 Å². The molecule has 4 nitrogen and oxygen atoms in total. The van der Waals surface area contributed by atoms with Gasteiger partial charge in [-0.2, -0.15) is 11.8 Å².